The maximum atomic E-state index is 12.3. The Balaban J connectivity index is 1.66. The number of amides is 1. The molecule has 0 bridgehead atoms. The molecule has 1 aromatic carbocycles. The highest BCUT2D eigenvalue weighted by atomic mass is 16.5. The van der Waals surface area contributed by atoms with Crippen LogP contribution >= 0.6 is 0 Å². The van der Waals surface area contributed by atoms with E-state index >= 15 is 0 Å². The van der Waals surface area contributed by atoms with Crippen molar-refractivity contribution in [2.24, 2.45) is 0 Å². The van der Waals surface area contributed by atoms with Crippen molar-refractivity contribution in [1.29, 1.82) is 0 Å². The van der Waals surface area contributed by atoms with E-state index in [1.165, 1.54) is 10.6 Å². The van der Waals surface area contributed by atoms with Gasteiger partial charge in [-0.15, -0.1) is 0 Å². The van der Waals surface area contributed by atoms with Gasteiger partial charge in [-0.2, -0.15) is 0 Å². The lowest BCUT2D eigenvalue weighted by Crippen LogP contribution is -2.18. The van der Waals surface area contributed by atoms with E-state index in [0.29, 0.717) is 18.1 Å². The van der Waals surface area contributed by atoms with E-state index in [1.807, 2.05) is 6.92 Å². The van der Waals surface area contributed by atoms with Crippen molar-refractivity contribution in [3.05, 3.63) is 82.7 Å². The Morgan fingerprint density at radius 2 is 1.92 bits per heavy atom. The third-order valence-electron chi connectivity index (χ3n) is 3.53. The van der Waals surface area contributed by atoms with Crippen molar-refractivity contribution in [1.82, 2.24) is 4.57 Å². The molecule has 0 aliphatic carbocycles. The topological polar surface area (TPSA) is 73.5 Å². The van der Waals surface area contributed by atoms with Gasteiger partial charge in [-0.3, -0.25) is 9.59 Å². The highest BCUT2D eigenvalue weighted by molar-refractivity contribution is 6.02. The van der Waals surface area contributed by atoms with Gasteiger partial charge in [-0.25, -0.2) is 0 Å². The summed E-state index contributed by atoms with van der Waals surface area (Å²) in [4.78, 5) is 24.0. The highest BCUT2D eigenvalue weighted by Crippen LogP contribution is 2.17. The quantitative estimate of drug-likeness (QED) is 0.749. The average molecular weight is 338 g/mol. The van der Waals surface area contributed by atoms with Crippen molar-refractivity contribution in [2.75, 3.05) is 11.9 Å². The number of rotatable bonds is 6. The zero-order valence-corrected chi connectivity index (χ0v) is 13.8. The number of nitrogens with zero attached hydrogens (tertiary/aromatic N) is 1. The van der Waals surface area contributed by atoms with E-state index in [1.54, 1.807) is 54.7 Å². The fourth-order valence-corrected chi connectivity index (χ4v) is 2.34. The van der Waals surface area contributed by atoms with E-state index < -0.39 is 0 Å². The van der Waals surface area contributed by atoms with Gasteiger partial charge >= 0.3 is 0 Å². The van der Waals surface area contributed by atoms with Crippen molar-refractivity contribution < 1.29 is 13.9 Å². The van der Waals surface area contributed by atoms with Gasteiger partial charge in [-0.05, 0) is 49.4 Å². The molecule has 0 fully saturated rings. The highest BCUT2D eigenvalue weighted by Gasteiger charge is 2.12. The maximum absolute atomic E-state index is 12.3. The molecule has 25 heavy (non-hydrogen) atoms. The second-order valence-electron chi connectivity index (χ2n) is 5.34. The van der Waals surface area contributed by atoms with Crippen molar-refractivity contribution in [2.45, 2.75) is 13.5 Å². The second-order valence-corrected chi connectivity index (χ2v) is 5.34. The molecular formula is C19H18N2O4. The summed E-state index contributed by atoms with van der Waals surface area (Å²) in [6, 6.07) is 15.3. The van der Waals surface area contributed by atoms with Gasteiger partial charge in [0.1, 0.15) is 11.5 Å². The molecule has 2 aromatic heterocycles. The molecule has 0 saturated heterocycles. The first kappa shape index (κ1) is 16.6. The summed E-state index contributed by atoms with van der Waals surface area (Å²) in [7, 11) is 0. The molecule has 0 radical (unpaired) electrons. The molecule has 3 rings (SSSR count). The minimum Gasteiger partial charge on any atom is -0.494 e. The van der Waals surface area contributed by atoms with Crippen molar-refractivity contribution >= 4 is 11.6 Å². The molecule has 1 N–H and O–H groups in total. The van der Waals surface area contributed by atoms with Crippen LogP contribution < -0.4 is 15.6 Å². The summed E-state index contributed by atoms with van der Waals surface area (Å²) in [5, 5.41) is 2.76. The average Bonchev–Trinajstić information content (AvgIpc) is 3.08. The first-order valence-corrected chi connectivity index (χ1v) is 7.94. The van der Waals surface area contributed by atoms with Crippen LogP contribution in [-0.2, 0) is 6.54 Å². The fourth-order valence-electron chi connectivity index (χ4n) is 2.34. The number of furan rings is 1. The minimum absolute atomic E-state index is 0.126. The lowest BCUT2D eigenvalue weighted by molar-refractivity contribution is 0.0994. The molecule has 0 saturated carbocycles. The standard InChI is InChI=1S/C19H18N2O4/c1-2-24-15-8-6-14(7-9-15)20-19(23)17-11-10-16(25-17)13-21-12-4-3-5-18(21)22/h3-12H,2,13H2,1H3,(H,20,23). The predicted molar refractivity (Wildman–Crippen MR) is 94.1 cm³/mol. The van der Waals surface area contributed by atoms with Gasteiger partial charge in [0.25, 0.3) is 11.5 Å². The number of hydrogen-bond acceptors (Lipinski definition) is 4. The number of carbonyl (C=O) groups excluding carboxylic acids is 1. The van der Waals surface area contributed by atoms with Gasteiger partial charge in [-0.1, -0.05) is 6.07 Å². The molecule has 0 unspecified atom stereocenters. The normalized spacial score (nSPS) is 10.4. The first-order valence-electron chi connectivity index (χ1n) is 7.94. The number of pyridine rings is 1. The summed E-state index contributed by atoms with van der Waals surface area (Å²) in [6.45, 7) is 2.77. The van der Waals surface area contributed by atoms with Crippen molar-refractivity contribution in [3.63, 3.8) is 0 Å². The summed E-state index contributed by atoms with van der Waals surface area (Å²) >= 11 is 0. The lowest BCUT2D eigenvalue weighted by Gasteiger charge is -2.06. The largest absolute Gasteiger partial charge is 0.494 e. The molecule has 0 spiro atoms. The Morgan fingerprint density at radius 3 is 2.64 bits per heavy atom. The number of aromatic nitrogens is 1. The van der Waals surface area contributed by atoms with Gasteiger partial charge in [0.2, 0.25) is 0 Å². The molecular weight excluding hydrogens is 320 g/mol. The predicted octanol–water partition coefficient (Wildman–Crippen LogP) is 3.14. The van der Waals surface area contributed by atoms with E-state index in [0.717, 1.165) is 5.75 Å². The number of ether oxygens (including phenoxy) is 1. The number of nitrogens with one attached hydrogen (secondary N) is 1. The summed E-state index contributed by atoms with van der Waals surface area (Å²) in [5.41, 5.74) is 0.518. The summed E-state index contributed by atoms with van der Waals surface area (Å²) in [5.74, 6) is 1.11. The zero-order valence-electron chi connectivity index (χ0n) is 13.8. The third kappa shape index (κ3) is 4.17. The Bertz CT molecular complexity index is 909. The van der Waals surface area contributed by atoms with Crippen LogP contribution in [0.2, 0.25) is 0 Å². The zero-order chi connectivity index (χ0) is 17.6. The number of anilines is 1. The number of benzene rings is 1. The summed E-state index contributed by atoms with van der Waals surface area (Å²) in [6.07, 6.45) is 1.67. The second kappa shape index (κ2) is 7.53. The number of carbonyl (C=O) groups is 1. The van der Waals surface area contributed by atoms with Gasteiger partial charge in [0.15, 0.2) is 5.76 Å². The molecule has 0 atom stereocenters. The Morgan fingerprint density at radius 1 is 1.12 bits per heavy atom. The molecule has 2 heterocycles. The van der Waals surface area contributed by atoms with Crippen LogP contribution in [-0.4, -0.2) is 17.1 Å². The Kier molecular flexibility index (Phi) is 4.99. The maximum Gasteiger partial charge on any atom is 0.291 e. The van der Waals surface area contributed by atoms with Crippen LogP contribution in [0.3, 0.4) is 0 Å². The van der Waals surface area contributed by atoms with E-state index in [2.05, 4.69) is 5.32 Å². The van der Waals surface area contributed by atoms with Crippen LogP contribution in [0.1, 0.15) is 23.2 Å². The van der Waals surface area contributed by atoms with Gasteiger partial charge < -0.3 is 19.0 Å². The number of hydrogen-bond donors (Lipinski definition) is 1. The fraction of sp³-hybridized carbons (Fsp3) is 0.158. The SMILES string of the molecule is CCOc1ccc(NC(=O)c2ccc(Cn3ccccc3=O)o2)cc1. The molecule has 0 aliphatic heterocycles. The van der Waals surface area contributed by atoms with Crippen LogP contribution in [0.4, 0.5) is 5.69 Å². The first-order chi connectivity index (χ1) is 12.2. The van der Waals surface area contributed by atoms with E-state index in [9.17, 15) is 9.59 Å². The molecule has 3 aromatic rings. The summed E-state index contributed by atoms with van der Waals surface area (Å²) < 4.78 is 12.4. The third-order valence-corrected chi connectivity index (χ3v) is 3.53. The van der Waals surface area contributed by atoms with Crippen LogP contribution in [0.5, 0.6) is 5.75 Å². The van der Waals surface area contributed by atoms with Crippen molar-refractivity contribution in [3.8, 4) is 5.75 Å². The molecule has 128 valence electrons. The molecule has 6 nitrogen and oxygen atoms in total. The van der Waals surface area contributed by atoms with Crippen LogP contribution in [0.25, 0.3) is 0 Å². The van der Waals surface area contributed by atoms with Crippen LogP contribution in [0, 0.1) is 0 Å². The molecule has 6 heteroatoms. The smallest absolute Gasteiger partial charge is 0.291 e. The molecule has 0 aliphatic rings. The van der Waals surface area contributed by atoms with Gasteiger partial charge in [0, 0.05) is 18.0 Å². The van der Waals surface area contributed by atoms with E-state index in [4.69, 9.17) is 9.15 Å². The monoisotopic (exact) mass is 338 g/mol. The van der Waals surface area contributed by atoms with Crippen LogP contribution in [0.15, 0.2) is 70.0 Å². The Labute approximate surface area is 144 Å². The van der Waals surface area contributed by atoms with E-state index in [-0.39, 0.29) is 23.8 Å². The minimum atomic E-state index is -0.351. The Hall–Kier alpha value is -3.28. The molecule has 1 amide bonds. The lowest BCUT2D eigenvalue weighted by atomic mass is 10.3. The van der Waals surface area contributed by atoms with Gasteiger partial charge in [0.05, 0.1) is 13.2 Å².